The highest BCUT2D eigenvalue weighted by Crippen LogP contribution is 2.30. The van der Waals surface area contributed by atoms with Crippen LogP contribution in [0.25, 0.3) is 40.1 Å². The molecule has 3 aromatic carbocycles. The van der Waals surface area contributed by atoms with Gasteiger partial charge in [0.15, 0.2) is 5.82 Å². The van der Waals surface area contributed by atoms with E-state index in [4.69, 9.17) is 14.6 Å². The first-order valence-electron chi connectivity index (χ1n) is 13.8. The van der Waals surface area contributed by atoms with Crippen LogP contribution in [0.15, 0.2) is 96.4 Å². The molecule has 0 spiro atoms. The number of aromatic nitrogens is 5. The topological polar surface area (TPSA) is 83.5 Å². The van der Waals surface area contributed by atoms with Crippen LogP contribution in [0.3, 0.4) is 0 Å². The van der Waals surface area contributed by atoms with Crippen molar-refractivity contribution in [2.45, 2.75) is 13.8 Å². The van der Waals surface area contributed by atoms with E-state index < -0.39 is 0 Å². The minimum Gasteiger partial charge on any atom is -0.494 e. The van der Waals surface area contributed by atoms with E-state index in [2.05, 4.69) is 16.7 Å². The van der Waals surface area contributed by atoms with Crippen molar-refractivity contribution in [1.82, 2.24) is 24.4 Å². The summed E-state index contributed by atoms with van der Waals surface area (Å²) in [5.41, 5.74) is 5.19. The summed E-state index contributed by atoms with van der Waals surface area (Å²) >= 11 is 1.30. The summed E-state index contributed by atoms with van der Waals surface area (Å²) in [5.74, 6) is 2.05. The maximum absolute atomic E-state index is 13.4. The van der Waals surface area contributed by atoms with Crippen molar-refractivity contribution in [3.05, 3.63) is 129 Å². The van der Waals surface area contributed by atoms with E-state index in [-0.39, 0.29) is 5.56 Å². The second kappa shape index (κ2) is 12.3. The van der Waals surface area contributed by atoms with Crippen LogP contribution in [0, 0.1) is 6.92 Å². The lowest BCUT2D eigenvalue weighted by Gasteiger charge is -2.08. The van der Waals surface area contributed by atoms with Crippen LogP contribution in [0.1, 0.15) is 29.4 Å². The smallest absolute Gasteiger partial charge is 0.291 e. The summed E-state index contributed by atoms with van der Waals surface area (Å²) < 4.78 is 14.9. The Morgan fingerprint density at radius 2 is 1.74 bits per heavy atom. The molecule has 3 aromatic heterocycles. The molecule has 0 saturated carbocycles. The quantitative estimate of drug-likeness (QED) is 0.183. The van der Waals surface area contributed by atoms with E-state index in [9.17, 15) is 4.79 Å². The zero-order valence-electron chi connectivity index (χ0n) is 23.8. The minimum atomic E-state index is -0.225. The predicted molar refractivity (Wildman–Crippen MR) is 172 cm³/mol. The van der Waals surface area contributed by atoms with Crippen molar-refractivity contribution in [1.29, 1.82) is 0 Å². The summed E-state index contributed by atoms with van der Waals surface area (Å²) in [6.45, 7) is 8.74. The fourth-order valence-corrected chi connectivity index (χ4v) is 5.54. The normalized spacial score (nSPS) is 11.9. The van der Waals surface area contributed by atoms with Crippen LogP contribution in [-0.4, -0.2) is 37.6 Å². The summed E-state index contributed by atoms with van der Waals surface area (Å²) in [6.07, 6.45) is 9.22. The fraction of sp³-hybridized carbons (Fsp3) is 0.118. The molecule has 0 aliphatic carbocycles. The number of benzene rings is 3. The lowest BCUT2D eigenvalue weighted by molar-refractivity contribution is 0.340. The molecule has 0 radical (unpaired) electrons. The molecule has 0 amide bonds. The Bertz CT molecular complexity index is 2040. The standard InChI is InChI=1S/C34H29N5O3S/c1-4-19-42-28-16-17-29(23(3)20-28)32-25(22-38(37-32)26-9-7-6-8-10-26)21-30-33(40)39-34(43-30)35-31(36-39)18-13-24-11-14-27(15-12-24)41-5-2/h4,6-18,20-22H,1,5,19H2,2-3H3/b18-13+,30-21-. The van der Waals surface area contributed by atoms with E-state index in [0.29, 0.717) is 28.5 Å². The molecule has 0 N–H and O–H groups in total. The SMILES string of the molecule is C=CCOc1ccc(-c2nn(-c3ccccc3)cc2/C=c2\sc3nc(/C=C/c4ccc(OCC)cc4)nn3c2=O)c(C)c1. The minimum absolute atomic E-state index is 0.225. The van der Waals surface area contributed by atoms with Crippen molar-refractivity contribution >= 4 is 34.5 Å². The molecule has 6 aromatic rings. The third kappa shape index (κ3) is 6.02. The molecule has 6 rings (SSSR count). The Kier molecular flexibility index (Phi) is 7.97. The number of fused-ring (bicyclic) bond motifs is 1. The molecule has 9 heteroatoms. The van der Waals surface area contributed by atoms with E-state index >= 15 is 0 Å². The van der Waals surface area contributed by atoms with Crippen LogP contribution in [-0.2, 0) is 0 Å². The number of thiazole rings is 1. The summed E-state index contributed by atoms with van der Waals surface area (Å²) in [7, 11) is 0. The monoisotopic (exact) mass is 587 g/mol. The molecule has 43 heavy (non-hydrogen) atoms. The zero-order chi connectivity index (χ0) is 29.8. The number of para-hydroxylation sites is 1. The summed E-state index contributed by atoms with van der Waals surface area (Å²) in [5, 5.41) is 9.38. The molecule has 8 nitrogen and oxygen atoms in total. The molecule has 0 aliphatic rings. The average molecular weight is 588 g/mol. The van der Waals surface area contributed by atoms with Crippen LogP contribution in [0.5, 0.6) is 11.5 Å². The van der Waals surface area contributed by atoms with Gasteiger partial charge < -0.3 is 9.47 Å². The number of ether oxygens (including phenoxy) is 2. The highest BCUT2D eigenvalue weighted by atomic mass is 32.1. The lowest BCUT2D eigenvalue weighted by Crippen LogP contribution is -2.23. The van der Waals surface area contributed by atoms with Gasteiger partial charge >= 0.3 is 0 Å². The Labute approximate surface area is 252 Å². The van der Waals surface area contributed by atoms with Crippen molar-refractivity contribution in [2.75, 3.05) is 13.2 Å². The molecule has 3 heterocycles. The average Bonchev–Trinajstić information content (AvgIpc) is 3.71. The third-order valence-corrected chi connectivity index (χ3v) is 7.64. The van der Waals surface area contributed by atoms with E-state index in [1.165, 1.54) is 15.9 Å². The number of aryl methyl sites for hydroxylation is 1. The highest BCUT2D eigenvalue weighted by Gasteiger charge is 2.16. The van der Waals surface area contributed by atoms with Crippen LogP contribution < -0.4 is 19.6 Å². The number of rotatable bonds is 10. The fourth-order valence-electron chi connectivity index (χ4n) is 4.64. The van der Waals surface area contributed by atoms with Gasteiger partial charge in [0.05, 0.1) is 16.8 Å². The predicted octanol–water partition coefficient (Wildman–Crippen LogP) is 5.99. The largest absolute Gasteiger partial charge is 0.494 e. The highest BCUT2D eigenvalue weighted by molar-refractivity contribution is 7.15. The van der Waals surface area contributed by atoms with Gasteiger partial charge in [0.25, 0.3) is 5.56 Å². The molecular weight excluding hydrogens is 558 g/mol. The first-order valence-corrected chi connectivity index (χ1v) is 14.7. The Morgan fingerprint density at radius 3 is 2.47 bits per heavy atom. The van der Waals surface area contributed by atoms with Gasteiger partial charge in [-0.05, 0) is 79.6 Å². The van der Waals surface area contributed by atoms with Crippen LogP contribution >= 0.6 is 11.3 Å². The van der Waals surface area contributed by atoms with Crippen molar-refractivity contribution in [3.63, 3.8) is 0 Å². The molecule has 0 saturated heterocycles. The van der Waals surface area contributed by atoms with Gasteiger partial charge in [-0.15, -0.1) is 5.10 Å². The second-order valence-corrected chi connectivity index (χ2v) is 10.7. The van der Waals surface area contributed by atoms with Gasteiger partial charge in [-0.2, -0.15) is 14.6 Å². The van der Waals surface area contributed by atoms with Crippen molar-refractivity contribution < 1.29 is 9.47 Å². The van der Waals surface area contributed by atoms with Gasteiger partial charge in [0.1, 0.15) is 23.8 Å². The van der Waals surface area contributed by atoms with Crippen molar-refractivity contribution in [2.24, 2.45) is 0 Å². The van der Waals surface area contributed by atoms with E-state index in [1.807, 2.05) is 110 Å². The number of hydrogen-bond acceptors (Lipinski definition) is 7. The third-order valence-electron chi connectivity index (χ3n) is 6.68. The maximum atomic E-state index is 13.4. The number of hydrogen-bond donors (Lipinski definition) is 0. The van der Waals surface area contributed by atoms with Crippen molar-refractivity contribution in [3.8, 4) is 28.4 Å². The first-order chi connectivity index (χ1) is 21.0. The van der Waals surface area contributed by atoms with Crippen LogP contribution in [0.4, 0.5) is 0 Å². The molecule has 214 valence electrons. The number of nitrogens with zero attached hydrogens (tertiary/aromatic N) is 5. The van der Waals surface area contributed by atoms with Gasteiger partial charge in [0, 0.05) is 17.3 Å². The summed E-state index contributed by atoms with van der Waals surface area (Å²) in [4.78, 5) is 18.5. The Hall–Kier alpha value is -5.28. The van der Waals surface area contributed by atoms with E-state index in [1.54, 1.807) is 12.2 Å². The Morgan fingerprint density at radius 1 is 0.953 bits per heavy atom. The molecule has 0 bridgehead atoms. The molecule has 0 fully saturated rings. The summed E-state index contributed by atoms with van der Waals surface area (Å²) in [6, 6.07) is 23.5. The van der Waals surface area contributed by atoms with Gasteiger partial charge in [-0.25, -0.2) is 4.68 Å². The molecular formula is C34H29N5O3S. The molecule has 0 aliphatic heterocycles. The molecule has 0 atom stereocenters. The van der Waals surface area contributed by atoms with Gasteiger partial charge in [-0.1, -0.05) is 60.4 Å². The first kappa shape index (κ1) is 27.9. The maximum Gasteiger partial charge on any atom is 0.291 e. The second-order valence-electron chi connectivity index (χ2n) is 9.71. The van der Waals surface area contributed by atoms with Gasteiger partial charge in [-0.3, -0.25) is 4.79 Å². The lowest BCUT2D eigenvalue weighted by atomic mass is 10.0. The van der Waals surface area contributed by atoms with E-state index in [0.717, 1.165) is 45.1 Å². The zero-order valence-corrected chi connectivity index (χ0v) is 24.6. The Balaban J connectivity index is 1.36. The van der Waals surface area contributed by atoms with Crippen LogP contribution in [0.2, 0.25) is 0 Å². The molecule has 0 unspecified atom stereocenters. The van der Waals surface area contributed by atoms with Gasteiger partial charge in [0.2, 0.25) is 4.96 Å².